The summed E-state index contributed by atoms with van der Waals surface area (Å²) in [6, 6.07) is 0.328. The fraction of sp³-hybridized carbons (Fsp3) is 0.769. The summed E-state index contributed by atoms with van der Waals surface area (Å²) >= 11 is 0. The quantitative estimate of drug-likeness (QED) is 0.845. The zero-order chi connectivity index (χ0) is 11.1. The summed E-state index contributed by atoms with van der Waals surface area (Å²) in [5, 5.41) is 0. The SMILES string of the molecule is CC(N)CC1CCn2cc(C3CC3)nc2C1. The van der Waals surface area contributed by atoms with Gasteiger partial charge in [0.2, 0.25) is 0 Å². The molecule has 1 aliphatic carbocycles. The Bertz CT molecular complexity index is 377. The largest absolute Gasteiger partial charge is 0.335 e. The molecule has 2 unspecified atom stereocenters. The zero-order valence-corrected chi connectivity index (χ0v) is 10.0. The molecule has 2 aliphatic rings. The van der Waals surface area contributed by atoms with Gasteiger partial charge in [-0.1, -0.05) is 0 Å². The summed E-state index contributed by atoms with van der Waals surface area (Å²) < 4.78 is 2.37. The van der Waals surface area contributed by atoms with Crippen LogP contribution in [0, 0.1) is 5.92 Å². The van der Waals surface area contributed by atoms with Crippen LogP contribution in [0.5, 0.6) is 0 Å². The maximum absolute atomic E-state index is 5.88. The third-order valence-corrected chi connectivity index (χ3v) is 3.83. The average molecular weight is 219 g/mol. The molecular formula is C13H21N3. The van der Waals surface area contributed by atoms with Crippen molar-refractivity contribution in [2.75, 3.05) is 0 Å². The highest BCUT2D eigenvalue weighted by molar-refractivity contribution is 5.16. The molecule has 1 aromatic rings. The van der Waals surface area contributed by atoms with E-state index in [0.29, 0.717) is 6.04 Å². The number of aromatic nitrogens is 2. The van der Waals surface area contributed by atoms with Gasteiger partial charge in [0.25, 0.3) is 0 Å². The second-order valence-corrected chi connectivity index (χ2v) is 5.62. The molecule has 0 amide bonds. The van der Waals surface area contributed by atoms with E-state index in [0.717, 1.165) is 31.2 Å². The second-order valence-electron chi connectivity index (χ2n) is 5.62. The van der Waals surface area contributed by atoms with Crippen LogP contribution in [0.2, 0.25) is 0 Å². The van der Waals surface area contributed by atoms with Crippen LogP contribution in [0.3, 0.4) is 0 Å². The molecule has 0 spiro atoms. The Labute approximate surface area is 97.0 Å². The summed E-state index contributed by atoms with van der Waals surface area (Å²) in [5.74, 6) is 2.84. The maximum atomic E-state index is 5.88. The van der Waals surface area contributed by atoms with Gasteiger partial charge in [-0.05, 0) is 38.5 Å². The van der Waals surface area contributed by atoms with Crippen LogP contribution in [-0.4, -0.2) is 15.6 Å². The molecule has 1 aromatic heterocycles. The Morgan fingerprint density at radius 1 is 1.50 bits per heavy atom. The van der Waals surface area contributed by atoms with Gasteiger partial charge in [-0.25, -0.2) is 4.98 Å². The van der Waals surface area contributed by atoms with E-state index in [1.807, 2.05) is 0 Å². The lowest BCUT2D eigenvalue weighted by Gasteiger charge is -2.24. The Morgan fingerprint density at radius 2 is 2.31 bits per heavy atom. The van der Waals surface area contributed by atoms with Gasteiger partial charge < -0.3 is 10.3 Å². The molecule has 0 aromatic carbocycles. The number of rotatable bonds is 3. The van der Waals surface area contributed by atoms with E-state index in [2.05, 4.69) is 17.7 Å². The Morgan fingerprint density at radius 3 is 3.00 bits per heavy atom. The van der Waals surface area contributed by atoms with Crippen molar-refractivity contribution >= 4 is 0 Å². The number of nitrogens with two attached hydrogens (primary N) is 1. The van der Waals surface area contributed by atoms with Crippen molar-refractivity contribution in [3.05, 3.63) is 17.7 Å². The Kier molecular flexibility index (Phi) is 2.51. The molecule has 88 valence electrons. The molecule has 1 saturated carbocycles. The minimum absolute atomic E-state index is 0.328. The molecule has 2 heterocycles. The van der Waals surface area contributed by atoms with Gasteiger partial charge in [0.1, 0.15) is 5.82 Å². The number of fused-ring (bicyclic) bond motifs is 1. The minimum atomic E-state index is 0.328. The molecule has 3 nitrogen and oxygen atoms in total. The van der Waals surface area contributed by atoms with Gasteiger partial charge in [-0.2, -0.15) is 0 Å². The third-order valence-electron chi connectivity index (χ3n) is 3.83. The van der Waals surface area contributed by atoms with Crippen molar-refractivity contribution in [2.45, 2.75) is 57.5 Å². The molecule has 3 heteroatoms. The van der Waals surface area contributed by atoms with E-state index < -0.39 is 0 Å². The first-order valence-electron chi connectivity index (χ1n) is 6.54. The van der Waals surface area contributed by atoms with Crippen LogP contribution in [0.4, 0.5) is 0 Å². The molecule has 1 fully saturated rings. The number of imidazole rings is 1. The van der Waals surface area contributed by atoms with E-state index in [1.165, 1.54) is 30.8 Å². The average Bonchev–Trinajstić information content (AvgIpc) is 2.98. The standard InChI is InChI=1S/C13H21N3/c1-9(14)6-10-4-5-16-8-12(11-2-3-11)15-13(16)7-10/h8-11H,2-7,14H2,1H3. The van der Waals surface area contributed by atoms with Crippen LogP contribution >= 0.6 is 0 Å². The number of nitrogens with zero attached hydrogens (tertiary/aromatic N) is 2. The van der Waals surface area contributed by atoms with E-state index in [1.54, 1.807) is 0 Å². The first-order chi connectivity index (χ1) is 7.72. The summed E-state index contributed by atoms with van der Waals surface area (Å²) in [7, 11) is 0. The minimum Gasteiger partial charge on any atom is -0.335 e. The van der Waals surface area contributed by atoms with E-state index in [4.69, 9.17) is 10.7 Å². The van der Waals surface area contributed by atoms with Crippen molar-refractivity contribution in [1.82, 2.24) is 9.55 Å². The number of aryl methyl sites for hydroxylation is 1. The highest BCUT2D eigenvalue weighted by Gasteiger charge is 2.29. The molecule has 1 aliphatic heterocycles. The van der Waals surface area contributed by atoms with Crippen LogP contribution in [0.1, 0.15) is 50.0 Å². The van der Waals surface area contributed by atoms with Crippen molar-refractivity contribution < 1.29 is 0 Å². The first-order valence-corrected chi connectivity index (χ1v) is 6.54. The molecular weight excluding hydrogens is 198 g/mol. The van der Waals surface area contributed by atoms with E-state index >= 15 is 0 Å². The normalized spacial score (nSPS) is 26.5. The maximum Gasteiger partial charge on any atom is 0.109 e. The summed E-state index contributed by atoms with van der Waals surface area (Å²) in [5.41, 5.74) is 7.22. The van der Waals surface area contributed by atoms with E-state index in [9.17, 15) is 0 Å². The summed E-state index contributed by atoms with van der Waals surface area (Å²) in [6.07, 6.45) is 8.53. The third kappa shape index (κ3) is 2.01. The Hall–Kier alpha value is -0.830. The van der Waals surface area contributed by atoms with E-state index in [-0.39, 0.29) is 0 Å². The van der Waals surface area contributed by atoms with Gasteiger partial charge in [-0.15, -0.1) is 0 Å². The fourth-order valence-corrected chi connectivity index (χ4v) is 2.82. The highest BCUT2D eigenvalue weighted by atomic mass is 15.1. The molecule has 2 N–H and O–H groups in total. The zero-order valence-electron chi connectivity index (χ0n) is 10.0. The lowest BCUT2D eigenvalue weighted by Crippen LogP contribution is -2.25. The van der Waals surface area contributed by atoms with Crippen molar-refractivity contribution in [2.24, 2.45) is 11.7 Å². The lowest BCUT2D eigenvalue weighted by atomic mass is 9.92. The predicted octanol–water partition coefficient (Wildman–Crippen LogP) is 2.06. The lowest BCUT2D eigenvalue weighted by molar-refractivity contribution is 0.343. The summed E-state index contributed by atoms with van der Waals surface area (Å²) in [6.45, 7) is 3.25. The van der Waals surface area contributed by atoms with Crippen LogP contribution in [-0.2, 0) is 13.0 Å². The second kappa shape index (κ2) is 3.88. The topological polar surface area (TPSA) is 43.8 Å². The molecule has 0 radical (unpaired) electrons. The van der Waals surface area contributed by atoms with Gasteiger partial charge in [0.15, 0.2) is 0 Å². The number of hydrogen-bond donors (Lipinski definition) is 1. The smallest absolute Gasteiger partial charge is 0.109 e. The molecule has 3 rings (SSSR count). The van der Waals surface area contributed by atoms with Gasteiger partial charge >= 0.3 is 0 Å². The summed E-state index contributed by atoms with van der Waals surface area (Å²) in [4.78, 5) is 4.79. The predicted molar refractivity (Wildman–Crippen MR) is 64.3 cm³/mol. The molecule has 16 heavy (non-hydrogen) atoms. The fourth-order valence-electron chi connectivity index (χ4n) is 2.82. The van der Waals surface area contributed by atoms with Crippen molar-refractivity contribution in [3.8, 4) is 0 Å². The highest BCUT2D eigenvalue weighted by Crippen LogP contribution is 2.40. The van der Waals surface area contributed by atoms with Crippen LogP contribution in [0.25, 0.3) is 0 Å². The first kappa shape index (κ1) is 10.3. The molecule has 0 bridgehead atoms. The Balaban J connectivity index is 1.72. The molecule has 0 saturated heterocycles. The van der Waals surface area contributed by atoms with Crippen molar-refractivity contribution in [3.63, 3.8) is 0 Å². The van der Waals surface area contributed by atoms with Gasteiger partial charge in [0, 0.05) is 31.1 Å². The van der Waals surface area contributed by atoms with Crippen LogP contribution < -0.4 is 5.73 Å². The van der Waals surface area contributed by atoms with Gasteiger partial charge in [0.05, 0.1) is 5.69 Å². The van der Waals surface area contributed by atoms with Gasteiger partial charge in [-0.3, -0.25) is 0 Å². The molecule has 2 atom stereocenters. The van der Waals surface area contributed by atoms with Crippen molar-refractivity contribution in [1.29, 1.82) is 0 Å². The van der Waals surface area contributed by atoms with Crippen LogP contribution in [0.15, 0.2) is 6.20 Å². The monoisotopic (exact) mass is 219 g/mol. The number of hydrogen-bond acceptors (Lipinski definition) is 2.